The second kappa shape index (κ2) is 5.98. The topological polar surface area (TPSA) is 62.7 Å². The molecule has 2 rings (SSSR count). The fraction of sp³-hybridized carbons (Fsp3) is 0.692. The Balaban J connectivity index is 1.83. The molecular formula is C13H20N2O3S. The normalized spacial score (nSPS) is 18.1. The first-order valence-corrected chi connectivity index (χ1v) is 7.50. The number of thiazole rings is 1. The van der Waals surface area contributed by atoms with Gasteiger partial charge in [0, 0.05) is 25.0 Å². The zero-order chi connectivity index (χ0) is 13.9. The first kappa shape index (κ1) is 14.4. The smallest absolute Gasteiger partial charge is 0.367 e. The van der Waals surface area contributed by atoms with E-state index in [9.17, 15) is 9.90 Å². The summed E-state index contributed by atoms with van der Waals surface area (Å²) >= 11 is 1.31. The van der Waals surface area contributed by atoms with Gasteiger partial charge in [-0.15, -0.1) is 11.3 Å². The highest BCUT2D eigenvalue weighted by atomic mass is 32.1. The number of hydrogen-bond donors (Lipinski definition) is 1. The number of β-amino-alcohol motifs (C(OH)–C–C–N with tert-alkyl or cyclic N) is 1. The quantitative estimate of drug-likeness (QED) is 0.805. The molecule has 0 aliphatic carbocycles. The summed E-state index contributed by atoms with van der Waals surface area (Å²) in [5.41, 5.74) is 0.348. The molecule has 2 heterocycles. The number of likely N-dealkylation sites (tertiary alicyclic amines) is 1. The summed E-state index contributed by atoms with van der Waals surface area (Å²) in [6.07, 6.45) is 1.84. The third kappa shape index (κ3) is 3.52. The van der Waals surface area contributed by atoms with E-state index in [0.29, 0.717) is 31.2 Å². The molecule has 1 saturated heterocycles. The maximum absolute atomic E-state index is 11.5. The minimum absolute atomic E-state index is 0.357. The van der Waals surface area contributed by atoms with Gasteiger partial charge in [0.05, 0.1) is 17.9 Å². The second-order valence-electron chi connectivity index (χ2n) is 4.98. The van der Waals surface area contributed by atoms with Crippen LogP contribution in [0.15, 0.2) is 5.38 Å². The predicted octanol–water partition coefficient (Wildman–Crippen LogP) is 1.67. The molecule has 0 bridgehead atoms. The summed E-state index contributed by atoms with van der Waals surface area (Å²) in [7, 11) is 0. The Morgan fingerprint density at radius 1 is 1.58 bits per heavy atom. The first-order valence-electron chi connectivity index (χ1n) is 6.62. The predicted molar refractivity (Wildman–Crippen MR) is 73.2 cm³/mol. The zero-order valence-electron chi connectivity index (χ0n) is 11.4. The van der Waals surface area contributed by atoms with E-state index in [0.717, 1.165) is 18.5 Å². The molecule has 5 nitrogen and oxygen atoms in total. The fourth-order valence-electron chi connectivity index (χ4n) is 2.42. The van der Waals surface area contributed by atoms with Crippen molar-refractivity contribution in [3.8, 4) is 0 Å². The Labute approximate surface area is 117 Å². The minimum Gasteiger partial charge on any atom is -0.461 e. The van der Waals surface area contributed by atoms with E-state index < -0.39 is 5.60 Å². The van der Waals surface area contributed by atoms with Crippen LogP contribution in [-0.2, 0) is 11.3 Å². The van der Waals surface area contributed by atoms with E-state index in [1.54, 1.807) is 6.92 Å². The number of aromatic nitrogens is 1. The van der Waals surface area contributed by atoms with E-state index in [-0.39, 0.29) is 5.97 Å². The number of carbonyl (C=O) groups is 1. The molecule has 1 aliphatic heterocycles. The summed E-state index contributed by atoms with van der Waals surface area (Å²) in [5, 5.41) is 12.4. The van der Waals surface area contributed by atoms with Crippen LogP contribution < -0.4 is 0 Å². The van der Waals surface area contributed by atoms with Gasteiger partial charge in [0.15, 0.2) is 0 Å². The molecule has 0 spiro atoms. The van der Waals surface area contributed by atoms with Crippen LogP contribution >= 0.6 is 11.3 Å². The average molecular weight is 284 g/mol. The SMILES string of the molecule is CCCC1(O)CN(Cc2csc(C(=O)OCC)n2)C1. The third-order valence-electron chi connectivity index (χ3n) is 3.14. The van der Waals surface area contributed by atoms with Crippen LogP contribution in [0.4, 0.5) is 0 Å². The van der Waals surface area contributed by atoms with Crippen molar-refractivity contribution >= 4 is 17.3 Å². The lowest BCUT2D eigenvalue weighted by atomic mass is 9.89. The number of aliphatic hydroxyl groups is 1. The maximum atomic E-state index is 11.5. The van der Waals surface area contributed by atoms with Crippen LogP contribution in [0.3, 0.4) is 0 Å². The zero-order valence-corrected chi connectivity index (χ0v) is 12.2. The lowest BCUT2D eigenvalue weighted by Crippen LogP contribution is -2.60. The summed E-state index contributed by atoms with van der Waals surface area (Å²) in [4.78, 5) is 17.9. The molecule has 0 radical (unpaired) electrons. The Bertz CT molecular complexity index is 441. The molecule has 0 aromatic carbocycles. The maximum Gasteiger partial charge on any atom is 0.367 e. The van der Waals surface area contributed by atoms with Crippen LogP contribution in [0.5, 0.6) is 0 Å². The Morgan fingerprint density at radius 2 is 2.32 bits per heavy atom. The molecule has 1 N–H and O–H groups in total. The van der Waals surface area contributed by atoms with Crippen LogP contribution in [0, 0.1) is 0 Å². The molecule has 1 fully saturated rings. The van der Waals surface area contributed by atoms with Crippen molar-refractivity contribution in [2.45, 2.75) is 38.8 Å². The van der Waals surface area contributed by atoms with Crippen molar-refractivity contribution < 1.29 is 14.6 Å². The molecule has 0 atom stereocenters. The highest BCUT2D eigenvalue weighted by Crippen LogP contribution is 2.27. The van der Waals surface area contributed by atoms with Gasteiger partial charge in [0.25, 0.3) is 0 Å². The molecule has 0 amide bonds. The van der Waals surface area contributed by atoms with Crippen molar-refractivity contribution in [3.63, 3.8) is 0 Å². The third-order valence-corrected chi connectivity index (χ3v) is 4.01. The number of carbonyl (C=O) groups excluding carboxylic acids is 1. The van der Waals surface area contributed by atoms with Crippen molar-refractivity contribution in [1.82, 2.24) is 9.88 Å². The van der Waals surface area contributed by atoms with Crippen molar-refractivity contribution in [2.75, 3.05) is 19.7 Å². The van der Waals surface area contributed by atoms with Gasteiger partial charge in [-0.2, -0.15) is 0 Å². The molecule has 0 saturated carbocycles. The van der Waals surface area contributed by atoms with Gasteiger partial charge in [-0.1, -0.05) is 13.3 Å². The summed E-state index contributed by atoms with van der Waals surface area (Å²) in [6.45, 7) is 6.28. The summed E-state index contributed by atoms with van der Waals surface area (Å²) in [5.74, 6) is -0.357. The standard InChI is InChI=1S/C13H20N2O3S/c1-3-5-13(17)8-15(9-13)6-10-7-19-11(14-10)12(16)18-4-2/h7,17H,3-6,8-9H2,1-2H3. The van der Waals surface area contributed by atoms with Gasteiger partial charge >= 0.3 is 5.97 Å². The monoisotopic (exact) mass is 284 g/mol. The van der Waals surface area contributed by atoms with Gasteiger partial charge in [-0.25, -0.2) is 9.78 Å². The Kier molecular flexibility index (Phi) is 4.54. The fourth-order valence-corrected chi connectivity index (χ4v) is 3.12. The van der Waals surface area contributed by atoms with Crippen molar-refractivity contribution in [2.24, 2.45) is 0 Å². The van der Waals surface area contributed by atoms with Gasteiger partial charge < -0.3 is 9.84 Å². The van der Waals surface area contributed by atoms with Crippen molar-refractivity contribution in [1.29, 1.82) is 0 Å². The molecule has 1 aliphatic rings. The van der Waals surface area contributed by atoms with Gasteiger partial charge in [0.2, 0.25) is 5.01 Å². The number of rotatable bonds is 6. The van der Waals surface area contributed by atoms with E-state index >= 15 is 0 Å². The van der Waals surface area contributed by atoms with Gasteiger partial charge in [0.1, 0.15) is 0 Å². The molecule has 0 unspecified atom stereocenters. The minimum atomic E-state index is -0.519. The average Bonchev–Trinajstić information content (AvgIpc) is 2.76. The molecule has 6 heteroatoms. The molecule has 19 heavy (non-hydrogen) atoms. The second-order valence-corrected chi connectivity index (χ2v) is 5.84. The highest BCUT2D eigenvalue weighted by molar-refractivity contribution is 7.11. The lowest BCUT2D eigenvalue weighted by molar-refractivity contribution is -0.107. The largest absolute Gasteiger partial charge is 0.461 e. The molecule has 1 aromatic heterocycles. The lowest BCUT2D eigenvalue weighted by Gasteiger charge is -2.46. The van der Waals surface area contributed by atoms with Gasteiger partial charge in [-0.05, 0) is 13.3 Å². The summed E-state index contributed by atoms with van der Waals surface area (Å²) < 4.78 is 4.91. The molecule has 106 valence electrons. The molecular weight excluding hydrogens is 264 g/mol. The van der Waals surface area contributed by atoms with E-state index in [1.807, 2.05) is 5.38 Å². The van der Waals surface area contributed by atoms with E-state index in [2.05, 4.69) is 16.8 Å². The van der Waals surface area contributed by atoms with E-state index in [4.69, 9.17) is 4.74 Å². The Hall–Kier alpha value is -0.980. The number of ether oxygens (including phenoxy) is 1. The van der Waals surface area contributed by atoms with Crippen molar-refractivity contribution in [3.05, 3.63) is 16.1 Å². The molecule has 1 aromatic rings. The highest BCUT2D eigenvalue weighted by Gasteiger charge is 2.40. The number of nitrogens with zero attached hydrogens (tertiary/aromatic N) is 2. The van der Waals surface area contributed by atoms with Crippen LogP contribution in [0.2, 0.25) is 0 Å². The number of hydrogen-bond acceptors (Lipinski definition) is 6. The first-order chi connectivity index (χ1) is 9.06. The number of esters is 1. The summed E-state index contributed by atoms with van der Waals surface area (Å²) in [6, 6.07) is 0. The van der Waals surface area contributed by atoms with Crippen LogP contribution in [-0.4, -0.2) is 46.3 Å². The van der Waals surface area contributed by atoms with Crippen LogP contribution in [0.1, 0.15) is 42.2 Å². The van der Waals surface area contributed by atoms with E-state index in [1.165, 1.54) is 11.3 Å². The Morgan fingerprint density at radius 3 is 2.95 bits per heavy atom. The van der Waals surface area contributed by atoms with Gasteiger partial charge in [-0.3, -0.25) is 4.90 Å². The van der Waals surface area contributed by atoms with Crippen LogP contribution in [0.25, 0.3) is 0 Å².